The Kier molecular flexibility index (Phi) is 9.02. The molecule has 3 amide bonds. The molecule has 1 aliphatic heterocycles. The van der Waals surface area contributed by atoms with Crippen molar-refractivity contribution in [2.75, 3.05) is 32.8 Å². The third kappa shape index (κ3) is 7.16. The van der Waals surface area contributed by atoms with E-state index in [1.54, 1.807) is 13.0 Å². The lowest BCUT2D eigenvalue weighted by Crippen LogP contribution is -2.56. The molecule has 0 unspecified atom stereocenters. The first kappa shape index (κ1) is 26.0. The Morgan fingerprint density at radius 3 is 2.37 bits per heavy atom. The topological polar surface area (TPSA) is 129 Å². The average molecular weight is 503 g/mol. The minimum Gasteiger partial charge on any atom is -0.481 e. The number of carboxylic acids is 1. The van der Waals surface area contributed by atoms with Crippen LogP contribution in [-0.4, -0.2) is 82.6 Å². The van der Waals surface area contributed by atoms with E-state index in [1.165, 1.54) is 15.9 Å². The van der Waals surface area contributed by atoms with Crippen LogP contribution in [0.3, 0.4) is 0 Å². The Balaban J connectivity index is 1.73. The zero-order chi connectivity index (χ0) is 25.4. The highest BCUT2D eigenvalue weighted by Gasteiger charge is 2.31. The van der Waals surface area contributed by atoms with Gasteiger partial charge in [-0.2, -0.15) is 0 Å². The van der Waals surface area contributed by atoms with Crippen molar-refractivity contribution in [2.24, 2.45) is 0 Å². The highest BCUT2D eigenvalue weighted by atomic mass is 35.5. The molecule has 11 heteroatoms. The Hall–Kier alpha value is -3.66. The second kappa shape index (κ2) is 12.2. The Labute approximate surface area is 207 Å². The van der Waals surface area contributed by atoms with Crippen LogP contribution in [0.2, 0.25) is 5.02 Å². The molecule has 1 aliphatic rings. The predicted molar refractivity (Wildman–Crippen MR) is 128 cm³/mol. The molecule has 0 aliphatic carbocycles. The molecule has 1 aromatic carbocycles. The Morgan fingerprint density at radius 1 is 1.09 bits per heavy atom. The Morgan fingerprint density at radius 2 is 1.74 bits per heavy atom. The number of halogens is 1. The summed E-state index contributed by atoms with van der Waals surface area (Å²) in [4.78, 5) is 56.6. The van der Waals surface area contributed by atoms with E-state index < -0.39 is 29.9 Å². The van der Waals surface area contributed by atoms with Gasteiger partial charge in [0.05, 0.1) is 12.3 Å². The van der Waals surface area contributed by atoms with Gasteiger partial charge >= 0.3 is 12.1 Å². The number of aliphatic carboxylic acids is 1. The van der Waals surface area contributed by atoms with Gasteiger partial charge in [-0.15, -0.1) is 0 Å². The number of nitrogens with one attached hydrogen (secondary N) is 1. The zero-order valence-corrected chi connectivity index (χ0v) is 20.0. The molecule has 0 spiro atoms. The van der Waals surface area contributed by atoms with Crippen molar-refractivity contribution in [3.8, 4) is 11.3 Å². The first-order valence-electron chi connectivity index (χ1n) is 11.2. The maximum absolute atomic E-state index is 13.2. The number of pyridine rings is 1. The van der Waals surface area contributed by atoms with Crippen molar-refractivity contribution in [1.82, 2.24) is 20.1 Å². The normalized spacial score (nSPS) is 14.2. The number of carboxylic acid groups (broad SMARTS) is 1. The fraction of sp³-hybridized carbons (Fsp3) is 0.375. The third-order valence-electron chi connectivity index (χ3n) is 5.46. The van der Waals surface area contributed by atoms with Crippen LogP contribution in [0, 0.1) is 0 Å². The van der Waals surface area contributed by atoms with Crippen molar-refractivity contribution in [1.29, 1.82) is 0 Å². The number of rotatable bonds is 8. The summed E-state index contributed by atoms with van der Waals surface area (Å²) in [6.07, 6.45) is -0.849. The van der Waals surface area contributed by atoms with Gasteiger partial charge in [0.25, 0.3) is 5.91 Å². The fourth-order valence-corrected chi connectivity index (χ4v) is 3.88. The molecule has 2 heterocycles. The summed E-state index contributed by atoms with van der Waals surface area (Å²) in [6.45, 7) is 3.01. The van der Waals surface area contributed by atoms with Crippen LogP contribution in [-0.2, 0) is 14.3 Å². The number of benzene rings is 1. The number of aromatic nitrogens is 1. The number of nitrogens with zero attached hydrogens (tertiary/aromatic N) is 3. The number of hydrogen-bond acceptors (Lipinski definition) is 6. The lowest BCUT2D eigenvalue weighted by atomic mass is 10.1. The molecule has 1 aromatic heterocycles. The second-order valence-electron chi connectivity index (χ2n) is 7.89. The molecule has 0 bridgehead atoms. The van der Waals surface area contributed by atoms with Crippen molar-refractivity contribution in [3.63, 3.8) is 0 Å². The standard InChI is InChI=1S/C24H27ClN4O6/c1-2-35-24(34)29-12-10-28(11-13-29)23(33)18(8-9-21(30)31)27-22(32)20-15-17(25)14-19(26-20)16-6-4-3-5-7-16/h3-7,14-15,18H,2,8-13H2,1H3,(H,27,32)(H,30,31)/t18-/m0/s1. The number of hydrogen-bond donors (Lipinski definition) is 2. The lowest BCUT2D eigenvalue weighted by Gasteiger charge is -2.35. The van der Waals surface area contributed by atoms with Crippen LogP contribution in [0.25, 0.3) is 11.3 Å². The minimum atomic E-state index is -1.09. The maximum Gasteiger partial charge on any atom is 0.409 e. The van der Waals surface area contributed by atoms with Crippen LogP contribution in [0.4, 0.5) is 4.79 Å². The van der Waals surface area contributed by atoms with Gasteiger partial charge in [0.15, 0.2) is 0 Å². The van der Waals surface area contributed by atoms with Crippen LogP contribution in [0.5, 0.6) is 0 Å². The summed E-state index contributed by atoms with van der Waals surface area (Å²) in [6, 6.07) is 11.1. The van der Waals surface area contributed by atoms with Gasteiger partial charge in [0, 0.05) is 43.2 Å². The highest BCUT2D eigenvalue weighted by molar-refractivity contribution is 6.31. The van der Waals surface area contributed by atoms with Gasteiger partial charge < -0.3 is 25.0 Å². The van der Waals surface area contributed by atoms with Crippen molar-refractivity contribution in [2.45, 2.75) is 25.8 Å². The predicted octanol–water partition coefficient (Wildman–Crippen LogP) is 2.67. The zero-order valence-electron chi connectivity index (χ0n) is 19.3. The summed E-state index contributed by atoms with van der Waals surface area (Å²) in [7, 11) is 0. The molecule has 2 aromatic rings. The average Bonchev–Trinajstić information content (AvgIpc) is 2.86. The van der Waals surface area contributed by atoms with E-state index in [4.69, 9.17) is 21.4 Å². The lowest BCUT2D eigenvalue weighted by molar-refractivity contribution is -0.138. The van der Waals surface area contributed by atoms with E-state index >= 15 is 0 Å². The van der Waals surface area contributed by atoms with Gasteiger partial charge in [-0.05, 0) is 25.5 Å². The number of amides is 3. The molecule has 10 nitrogen and oxygen atoms in total. The molecule has 0 saturated carbocycles. The molecule has 1 atom stereocenters. The number of carbonyl (C=O) groups is 4. The first-order chi connectivity index (χ1) is 16.8. The summed E-state index contributed by atoms with van der Waals surface area (Å²) >= 11 is 6.21. The van der Waals surface area contributed by atoms with Gasteiger partial charge in [-0.1, -0.05) is 41.9 Å². The second-order valence-corrected chi connectivity index (χ2v) is 8.33. The van der Waals surface area contributed by atoms with Crippen molar-refractivity contribution < 1.29 is 29.0 Å². The molecular formula is C24H27ClN4O6. The maximum atomic E-state index is 13.2. The molecule has 2 N–H and O–H groups in total. The minimum absolute atomic E-state index is 0.0107. The van der Waals surface area contributed by atoms with Crippen LogP contribution in [0.1, 0.15) is 30.3 Å². The van der Waals surface area contributed by atoms with E-state index in [-0.39, 0.29) is 51.3 Å². The van der Waals surface area contributed by atoms with Gasteiger partial charge in [0.2, 0.25) is 5.91 Å². The molecular weight excluding hydrogens is 476 g/mol. The molecule has 35 heavy (non-hydrogen) atoms. The quantitative estimate of drug-likeness (QED) is 0.567. The van der Waals surface area contributed by atoms with Crippen molar-refractivity contribution >= 4 is 35.5 Å². The van der Waals surface area contributed by atoms with Crippen LogP contribution >= 0.6 is 11.6 Å². The van der Waals surface area contributed by atoms with Crippen molar-refractivity contribution in [3.05, 3.63) is 53.2 Å². The third-order valence-corrected chi connectivity index (χ3v) is 5.68. The summed E-state index contributed by atoms with van der Waals surface area (Å²) in [5.41, 5.74) is 1.27. The summed E-state index contributed by atoms with van der Waals surface area (Å²) in [5, 5.41) is 12.1. The number of piperazine rings is 1. The van der Waals surface area contributed by atoms with E-state index in [9.17, 15) is 19.2 Å². The van der Waals surface area contributed by atoms with Gasteiger partial charge in [-0.3, -0.25) is 14.4 Å². The summed E-state index contributed by atoms with van der Waals surface area (Å²) in [5.74, 6) is -2.15. The molecule has 1 saturated heterocycles. The monoisotopic (exact) mass is 502 g/mol. The number of carbonyl (C=O) groups excluding carboxylic acids is 3. The van der Waals surface area contributed by atoms with Crippen LogP contribution in [0.15, 0.2) is 42.5 Å². The molecule has 1 fully saturated rings. The molecule has 0 radical (unpaired) electrons. The summed E-state index contributed by atoms with van der Waals surface area (Å²) < 4.78 is 4.99. The van der Waals surface area contributed by atoms with E-state index in [0.717, 1.165) is 5.56 Å². The van der Waals surface area contributed by atoms with E-state index in [0.29, 0.717) is 10.7 Å². The van der Waals surface area contributed by atoms with E-state index in [2.05, 4.69) is 10.3 Å². The highest BCUT2D eigenvalue weighted by Crippen LogP contribution is 2.22. The van der Waals surface area contributed by atoms with Gasteiger partial charge in [0.1, 0.15) is 11.7 Å². The largest absolute Gasteiger partial charge is 0.481 e. The van der Waals surface area contributed by atoms with Gasteiger partial charge in [-0.25, -0.2) is 9.78 Å². The smallest absolute Gasteiger partial charge is 0.409 e. The SMILES string of the molecule is CCOC(=O)N1CCN(C(=O)[C@H](CCC(=O)O)NC(=O)c2cc(Cl)cc(-c3ccccc3)n2)CC1. The first-order valence-corrected chi connectivity index (χ1v) is 11.6. The molecule has 186 valence electrons. The number of ether oxygens (including phenoxy) is 1. The van der Waals surface area contributed by atoms with E-state index in [1.807, 2.05) is 30.3 Å². The Bertz CT molecular complexity index is 1070. The van der Waals surface area contributed by atoms with Crippen LogP contribution < -0.4 is 5.32 Å². The fourth-order valence-electron chi connectivity index (χ4n) is 3.67. The molecule has 3 rings (SSSR count).